The van der Waals surface area contributed by atoms with E-state index >= 15 is 0 Å². The van der Waals surface area contributed by atoms with Gasteiger partial charge in [0.25, 0.3) is 9.05 Å². The van der Waals surface area contributed by atoms with Crippen LogP contribution in [0.4, 0.5) is 4.39 Å². The molecule has 1 aromatic heterocycles. The number of rotatable bonds is 2. The molecule has 0 N–H and O–H groups in total. The van der Waals surface area contributed by atoms with Crippen LogP contribution < -0.4 is 5.43 Å². The summed E-state index contributed by atoms with van der Waals surface area (Å²) in [7, 11) is 1.04. The van der Waals surface area contributed by atoms with Crippen LogP contribution >= 0.6 is 10.7 Å². The molecule has 0 amide bonds. The zero-order chi connectivity index (χ0) is 13.5. The molecule has 1 aromatic carbocycles. The zero-order valence-electron chi connectivity index (χ0n) is 9.35. The Bertz CT molecular complexity index is 783. The Morgan fingerprint density at radius 3 is 2.61 bits per heavy atom. The molecule has 0 saturated carbocycles. The van der Waals surface area contributed by atoms with Crippen molar-refractivity contribution in [2.75, 3.05) is 0 Å². The minimum Gasteiger partial charge on any atom is -0.344 e. The number of hydrogen-bond donors (Lipinski definition) is 0. The van der Waals surface area contributed by atoms with Crippen molar-refractivity contribution in [3.63, 3.8) is 0 Å². The fraction of sp³-hybridized carbons (Fsp3) is 0.182. The van der Waals surface area contributed by atoms with Crippen LogP contribution in [0.15, 0.2) is 34.1 Å². The lowest BCUT2D eigenvalue weighted by atomic mass is 10.2. The van der Waals surface area contributed by atoms with E-state index < -0.39 is 25.2 Å². The van der Waals surface area contributed by atoms with Crippen molar-refractivity contribution in [2.24, 2.45) is 0 Å². The molecular formula is C11H9ClFNO3S. The SMILES string of the molecule is CCn1cc(S(=O)(=O)Cl)c(=O)c2cccc(F)c21. The summed E-state index contributed by atoms with van der Waals surface area (Å²) in [6.07, 6.45) is 1.07. The molecule has 0 aliphatic carbocycles. The van der Waals surface area contributed by atoms with Crippen LogP contribution in [0, 0.1) is 5.82 Å². The van der Waals surface area contributed by atoms with Gasteiger partial charge in [-0.05, 0) is 19.1 Å². The Hall–Kier alpha value is -1.40. The van der Waals surface area contributed by atoms with Crippen LogP contribution in [0.25, 0.3) is 10.9 Å². The van der Waals surface area contributed by atoms with Crippen LogP contribution in [-0.2, 0) is 15.6 Å². The maximum absolute atomic E-state index is 13.7. The minimum absolute atomic E-state index is 0.00132. The van der Waals surface area contributed by atoms with E-state index in [1.54, 1.807) is 6.92 Å². The number of pyridine rings is 1. The third-order valence-electron chi connectivity index (χ3n) is 2.62. The monoisotopic (exact) mass is 289 g/mol. The van der Waals surface area contributed by atoms with E-state index in [0.29, 0.717) is 6.54 Å². The number of aryl methyl sites for hydroxylation is 1. The first-order chi connectivity index (χ1) is 8.36. The normalized spacial score (nSPS) is 11.9. The first-order valence-electron chi connectivity index (χ1n) is 5.12. The molecule has 0 bridgehead atoms. The molecule has 4 nitrogen and oxygen atoms in total. The van der Waals surface area contributed by atoms with Gasteiger partial charge >= 0.3 is 0 Å². The fourth-order valence-corrected chi connectivity index (χ4v) is 2.73. The summed E-state index contributed by atoms with van der Waals surface area (Å²) in [5.74, 6) is -0.579. The van der Waals surface area contributed by atoms with Crippen LogP contribution in [0.2, 0.25) is 0 Å². The number of hydrogen-bond acceptors (Lipinski definition) is 3. The maximum atomic E-state index is 13.7. The maximum Gasteiger partial charge on any atom is 0.266 e. The van der Waals surface area contributed by atoms with E-state index in [2.05, 4.69) is 0 Å². The van der Waals surface area contributed by atoms with Gasteiger partial charge in [-0.25, -0.2) is 12.8 Å². The van der Waals surface area contributed by atoms with Gasteiger partial charge in [-0.2, -0.15) is 0 Å². The highest BCUT2D eigenvalue weighted by Gasteiger charge is 2.19. The second-order valence-corrected chi connectivity index (χ2v) is 6.22. The van der Waals surface area contributed by atoms with Crippen LogP contribution in [0.3, 0.4) is 0 Å². The molecule has 0 aliphatic heterocycles. The lowest BCUT2D eigenvalue weighted by molar-refractivity contribution is 0.604. The average molecular weight is 290 g/mol. The molecule has 0 spiro atoms. The molecule has 0 atom stereocenters. The predicted octanol–water partition coefficient (Wildman–Crippen LogP) is 2.09. The highest BCUT2D eigenvalue weighted by atomic mass is 35.7. The number of nitrogens with zero attached hydrogens (tertiary/aromatic N) is 1. The number of fused-ring (bicyclic) bond motifs is 1. The van der Waals surface area contributed by atoms with Crippen molar-refractivity contribution in [1.82, 2.24) is 4.57 Å². The van der Waals surface area contributed by atoms with Crippen molar-refractivity contribution in [3.8, 4) is 0 Å². The summed E-state index contributed by atoms with van der Waals surface area (Å²) < 4.78 is 37.7. The third kappa shape index (κ3) is 2.02. The topological polar surface area (TPSA) is 56.1 Å². The molecule has 1 heterocycles. The molecular weight excluding hydrogens is 281 g/mol. The van der Waals surface area contributed by atoms with E-state index in [0.717, 1.165) is 6.20 Å². The first-order valence-corrected chi connectivity index (χ1v) is 7.43. The van der Waals surface area contributed by atoms with Gasteiger partial charge in [0.05, 0.1) is 10.9 Å². The van der Waals surface area contributed by atoms with Gasteiger partial charge in [-0.15, -0.1) is 0 Å². The van der Waals surface area contributed by atoms with Crippen LogP contribution in [0.5, 0.6) is 0 Å². The van der Waals surface area contributed by atoms with Crippen molar-refractivity contribution >= 4 is 30.6 Å². The minimum atomic E-state index is -4.15. The van der Waals surface area contributed by atoms with Crippen LogP contribution in [-0.4, -0.2) is 13.0 Å². The summed E-state index contributed by atoms with van der Waals surface area (Å²) in [5.41, 5.74) is -0.710. The standard InChI is InChI=1S/C11H9ClFNO3S/c1-2-14-6-9(18(12,16)17)11(15)7-4-3-5-8(13)10(7)14/h3-6H,2H2,1H3. The second kappa shape index (κ2) is 4.37. The van der Waals surface area contributed by atoms with Gasteiger partial charge in [-0.3, -0.25) is 4.79 Å². The smallest absolute Gasteiger partial charge is 0.266 e. The summed E-state index contributed by atoms with van der Waals surface area (Å²) in [4.78, 5) is 11.4. The highest BCUT2D eigenvalue weighted by Crippen LogP contribution is 2.19. The molecule has 18 heavy (non-hydrogen) atoms. The van der Waals surface area contributed by atoms with Gasteiger partial charge in [0.2, 0.25) is 5.43 Å². The molecule has 2 aromatic rings. The Balaban J connectivity index is 3.07. The largest absolute Gasteiger partial charge is 0.344 e. The molecule has 0 unspecified atom stereocenters. The molecule has 0 fully saturated rings. The lowest BCUT2D eigenvalue weighted by Gasteiger charge is -2.10. The fourth-order valence-electron chi connectivity index (χ4n) is 1.81. The lowest BCUT2D eigenvalue weighted by Crippen LogP contribution is -2.16. The van der Waals surface area contributed by atoms with E-state index in [1.165, 1.54) is 22.8 Å². The Labute approximate surface area is 107 Å². The Morgan fingerprint density at radius 1 is 1.39 bits per heavy atom. The molecule has 2 rings (SSSR count). The summed E-state index contributed by atoms with van der Waals surface area (Å²) in [6, 6.07) is 3.94. The molecule has 0 radical (unpaired) electrons. The predicted molar refractivity (Wildman–Crippen MR) is 66.9 cm³/mol. The second-order valence-electron chi connectivity index (χ2n) is 3.68. The quantitative estimate of drug-likeness (QED) is 0.796. The van der Waals surface area contributed by atoms with Crippen LogP contribution in [0.1, 0.15) is 6.92 Å². The Morgan fingerprint density at radius 2 is 2.06 bits per heavy atom. The zero-order valence-corrected chi connectivity index (χ0v) is 10.9. The summed E-state index contributed by atoms with van der Waals surface area (Å²) in [6.45, 7) is 2.03. The third-order valence-corrected chi connectivity index (χ3v) is 3.93. The summed E-state index contributed by atoms with van der Waals surface area (Å²) in [5, 5.41) is -0.00132. The van der Waals surface area contributed by atoms with Gasteiger partial charge in [0.15, 0.2) is 0 Å². The van der Waals surface area contributed by atoms with Gasteiger partial charge in [0, 0.05) is 23.4 Å². The number of para-hydroxylation sites is 1. The van der Waals surface area contributed by atoms with E-state index in [9.17, 15) is 17.6 Å². The first kappa shape index (κ1) is 13.0. The molecule has 96 valence electrons. The summed E-state index contributed by atoms with van der Waals surface area (Å²) >= 11 is 0. The van der Waals surface area contributed by atoms with Gasteiger partial charge in [0.1, 0.15) is 10.7 Å². The molecule has 0 aliphatic rings. The highest BCUT2D eigenvalue weighted by molar-refractivity contribution is 8.13. The number of benzene rings is 1. The van der Waals surface area contributed by atoms with Gasteiger partial charge < -0.3 is 4.57 Å². The van der Waals surface area contributed by atoms with Crippen molar-refractivity contribution < 1.29 is 12.8 Å². The van der Waals surface area contributed by atoms with Crippen molar-refractivity contribution in [1.29, 1.82) is 0 Å². The number of aromatic nitrogens is 1. The number of halogens is 2. The van der Waals surface area contributed by atoms with Gasteiger partial charge in [-0.1, -0.05) is 6.07 Å². The van der Waals surface area contributed by atoms with Crippen molar-refractivity contribution in [3.05, 3.63) is 40.4 Å². The average Bonchev–Trinajstić information content (AvgIpc) is 2.29. The van der Waals surface area contributed by atoms with E-state index in [4.69, 9.17) is 10.7 Å². The Kier molecular flexibility index (Phi) is 3.16. The van der Waals surface area contributed by atoms with Crippen molar-refractivity contribution in [2.45, 2.75) is 18.4 Å². The molecule has 7 heteroatoms. The van der Waals surface area contributed by atoms with E-state index in [1.807, 2.05) is 0 Å². The van der Waals surface area contributed by atoms with E-state index in [-0.39, 0.29) is 10.9 Å². The molecule has 0 saturated heterocycles.